The topological polar surface area (TPSA) is 67.7 Å². The van der Waals surface area contributed by atoms with Gasteiger partial charge in [0.1, 0.15) is 5.75 Å². The van der Waals surface area contributed by atoms with Crippen LogP contribution in [0.15, 0.2) is 54.7 Å². The normalized spacial score (nSPS) is 12.9. The van der Waals surface area contributed by atoms with Gasteiger partial charge in [-0.3, -0.25) is 0 Å². The fraction of sp³-hybridized carbons (Fsp3) is 0.273. The van der Waals surface area contributed by atoms with E-state index in [2.05, 4.69) is 14.7 Å². The molecule has 1 heterocycles. The van der Waals surface area contributed by atoms with Gasteiger partial charge in [0.2, 0.25) is 17.6 Å². The van der Waals surface area contributed by atoms with Crippen molar-refractivity contribution < 1.29 is 54.1 Å². The predicted octanol–water partition coefficient (Wildman–Crippen LogP) is 5.71. The number of halogens is 9. The molecule has 2 aromatic carbocycles. The summed E-state index contributed by atoms with van der Waals surface area (Å²) < 4.78 is 127. The SMILES string of the molecule is O[C@H](CN(Cc1cccc(OC(F)(F)C(F)F)c1)c1nccc(Oc2cccc(F)c2F)n1)C(F)(F)F. The van der Waals surface area contributed by atoms with Gasteiger partial charge in [-0.1, -0.05) is 18.2 Å². The first kappa shape index (κ1) is 27.8. The molecule has 15 heteroatoms. The van der Waals surface area contributed by atoms with Crippen molar-refractivity contribution >= 4 is 5.95 Å². The molecule has 0 fully saturated rings. The van der Waals surface area contributed by atoms with Gasteiger partial charge in [-0.05, 0) is 29.8 Å². The molecule has 1 N–H and O–H groups in total. The number of ether oxygens (including phenoxy) is 2. The van der Waals surface area contributed by atoms with Gasteiger partial charge < -0.3 is 19.5 Å². The summed E-state index contributed by atoms with van der Waals surface area (Å²) in [5, 5.41) is 9.58. The van der Waals surface area contributed by atoms with Gasteiger partial charge in [0.05, 0.1) is 6.54 Å². The molecule has 3 aromatic rings. The third-order valence-electron chi connectivity index (χ3n) is 4.58. The molecule has 0 aliphatic heterocycles. The Hall–Kier alpha value is -3.75. The van der Waals surface area contributed by atoms with Gasteiger partial charge in [0.15, 0.2) is 17.7 Å². The summed E-state index contributed by atoms with van der Waals surface area (Å²) in [5.41, 5.74) is -0.0111. The largest absolute Gasteiger partial charge is 0.461 e. The second-order valence-corrected chi connectivity index (χ2v) is 7.40. The van der Waals surface area contributed by atoms with Crippen LogP contribution >= 0.6 is 0 Å². The minimum absolute atomic E-state index is 0.0111. The summed E-state index contributed by atoms with van der Waals surface area (Å²) >= 11 is 0. The highest BCUT2D eigenvalue weighted by Crippen LogP contribution is 2.30. The molecule has 200 valence electrons. The lowest BCUT2D eigenvalue weighted by atomic mass is 10.2. The molecule has 37 heavy (non-hydrogen) atoms. The molecule has 3 rings (SSSR count). The fourth-order valence-electron chi connectivity index (χ4n) is 2.88. The van der Waals surface area contributed by atoms with Crippen LogP contribution in [0.2, 0.25) is 0 Å². The van der Waals surface area contributed by atoms with Crippen molar-refractivity contribution in [2.75, 3.05) is 11.4 Å². The summed E-state index contributed by atoms with van der Waals surface area (Å²) in [5.74, 6) is -4.78. The van der Waals surface area contributed by atoms with E-state index in [-0.39, 0.29) is 5.56 Å². The lowest BCUT2D eigenvalue weighted by Gasteiger charge is -2.27. The molecular formula is C22H16F9N3O3. The third-order valence-corrected chi connectivity index (χ3v) is 4.58. The molecule has 1 atom stereocenters. The third kappa shape index (κ3) is 7.38. The molecule has 1 aromatic heterocycles. The van der Waals surface area contributed by atoms with Crippen molar-refractivity contribution in [2.45, 2.75) is 31.4 Å². The van der Waals surface area contributed by atoms with Crippen LogP contribution in [-0.2, 0) is 6.54 Å². The summed E-state index contributed by atoms with van der Waals surface area (Å²) in [6, 6.07) is 8.27. The lowest BCUT2D eigenvalue weighted by Crippen LogP contribution is -2.41. The van der Waals surface area contributed by atoms with Crippen LogP contribution in [0.1, 0.15) is 5.56 Å². The van der Waals surface area contributed by atoms with Crippen molar-refractivity contribution in [1.82, 2.24) is 9.97 Å². The van der Waals surface area contributed by atoms with Gasteiger partial charge in [0, 0.05) is 18.8 Å². The van der Waals surface area contributed by atoms with E-state index >= 15 is 0 Å². The minimum atomic E-state index is -5.07. The number of alkyl halides is 7. The van der Waals surface area contributed by atoms with E-state index in [0.717, 1.165) is 53.6 Å². The molecule has 0 spiro atoms. The minimum Gasteiger partial charge on any atom is -0.436 e. The van der Waals surface area contributed by atoms with Gasteiger partial charge in [-0.15, -0.1) is 0 Å². The zero-order chi connectivity index (χ0) is 27.4. The van der Waals surface area contributed by atoms with E-state index < -0.39 is 72.9 Å². The van der Waals surface area contributed by atoms with Crippen molar-refractivity contribution in [3.8, 4) is 17.4 Å². The first-order valence-electron chi connectivity index (χ1n) is 10.1. The molecule has 0 unspecified atom stereocenters. The van der Waals surface area contributed by atoms with Crippen LogP contribution in [0.25, 0.3) is 0 Å². The molecule has 0 amide bonds. The molecule has 0 aliphatic carbocycles. The first-order valence-corrected chi connectivity index (χ1v) is 10.1. The Morgan fingerprint density at radius 1 is 0.973 bits per heavy atom. The molecule has 0 saturated carbocycles. The number of anilines is 1. The Labute approximate surface area is 202 Å². The summed E-state index contributed by atoms with van der Waals surface area (Å²) in [4.78, 5) is 8.42. The number of benzene rings is 2. The van der Waals surface area contributed by atoms with Crippen LogP contribution in [-0.4, -0.2) is 46.4 Å². The van der Waals surface area contributed by atoms with Crippen molar-refractivity contribution in [2.24, 2.45) is 0 Å². The van der Waals surface area contributed by atoms with E-state index in [0.29, 0.717) is 0 Å². The van der Waals surface area contributed by atoms with Gasteiger partial charge in [-0.25, -0.2) is 9.37 Å². The predicted molar refractivity (Wildman–Crippen MR) is 110 cm³/mol. The highest BCUT2D eigenvalue weighted by atomic mass is 19.4. The summed E-state index contributed by atoms with van der Waals surface area (Å²) in [7, 11) is 0. The van der Waals surface area contributed by atoms with E-state index in [1.165, 1.54) is 6.07 Å². The second-order valence-electron chi connectivity index (χ2n) is 7.40. The molecule has 0 aliphatic rings. The fourth-order valence-corrected chi connectivity index (χ4v) is 2.88. The quantitative estimate of drug-likeness (QED) is 0.332. The molecule has 0 saturated heterocycles. The van der Waals surface area contributed by atoms with Gasteiger partial charge in [0.25, 0.3) is 0 Å². The molecule has 0 radical (unpaired) electrons. The van der Waals surface area contributed by atoms with Gasteiger partial charge >= 0.3 is 18.7 Å². The van der Waals surface area contributed by atoms with E-state index in [4.69, 9.17) is 4.74 Å². The number of aromatic nitrogens is 2. The first-order chi connectivity index (χ1) is 17.3. The Kier molecular flexibility index (Phi) is 8.35. The Bertz CT molecular complexity index is 1210. The van der Waals surface area contributed by atoms with Crippen LogP contribution in [0.3, 0.4) is 0 Å². The Morgan fingerprint density at radius 2 is 1.68 bits per heavy atom. The van der Waals surface area contributed by atoms with Crippen molar-refractivity contribution in [3.63, 3.8) is 0 Å². The van der Waals surface area contributed by atoms with Gasteiger partial charge in [-0.2, -0.15) is 40.1 Å². The number of aliphatic hydroxyl groups is 1. The van der Waals surface area contributed by atoms with Crippen LogP contribution in [0.5, 0.6) is 17.4 Å². The average molecular weight is 541 g/mol. The maximum atomic E-state index is 13.9. The number of nitrogens with zero attached hydrogens (tertiary/aromatic N) is 3. The highest BCUT2D eigenvalue weighted by Gasteiger charge is 2.44. The zero-order valence-corrected chi connectivity index (χ0v) is 18.3. The van der Waals surface area contributed by atoms with Crippen molar-refractivity contribution in [1.29, 1.82) is 0 Å². The second kappa shape index (κ2) is 11.1. The van der Waals surface area contributed by atoms with Crippen LogP contribution in [0, 0.1) is 11.6 Å². The van der Waals surface area contributed by atoms with E-state index in [9.17, 15) is 44.6 Å². The summed E-state index contributed by atoms with van der Waals surface area (Å²) in [6.07, 6.45) is -15.9. The number of hydrogen-bond acceptors (Lipinski definition) is 6. The number of hydrogen-bond donors (Lipinski definition) is 1. The average Bonchev–Trinajstić information content (AvgIpc) is 2.81. The smallest absolute Gasteiger partial charge is 0.436 e. The zero-order valence-electron chi connectivity index (χ0n) is 18.3. The molecule has 0 bridgehead atoms. The van der Waals surface area contributed by atoms with Crippen LogP contribution in [0.4, 0.5) is 45.5 Å². The molecule has 6 nitrogen and oxygen atoms in total. The van der Waals surface area contributed by atoms with Crippen molar-refractivity contribution in [3.05, 3.63) is 71.9 Å². The monoisotopic (exact) mass is 541 g/mol. The number of aliphatic hydroxyl groups excluding tert-OH is 1. The Balaban J connectivity index is 1.90. The maximum absolute atomic E-state index is 13.9. The lowest BCUT2D eigenvalue weighted by molar-refractivity contribution is -0.253. The van der Waals surface area contributed by atoms with E-state index in [1.807, 2.05) is 0 Å². The molecular weight excluding hydrogens is 525 g/mol. The standard InChI is InChI=1S/C22H16F9N3O3/c23-14-5-2-6-15(18(14)24)36-17-7-8-32-20(33-17)34(11-16(35)21(27,28)29)10-12-3-1-4-13(9-12)37-22(30,31)19(25)26/h1-9,16,19,35H,10-11H2/t16-/m1/s1. The van der Waals surface area contributed by atoms with E-state index in [1.54, 1.807) is 0 Å². The van der Waals surface area contributed by atoms with Crippen LogP contribution < -0.4 is 14.4 Å². The maximum Gasteiger partial charge on any atom is 0.461 e. The summed E-state index contributed by atoms with van der Waals surface area (Å²) in [6.45, 7) is -1.71. The highest BCUT2D eigenvalue weighted by molar-refractivity contribution is 5.38. The number of rotatable bonds is 10. The Morgan fingerprint density at radius 3 is 2.35 bits per heavy atom.